The van der Waals surface area contributed by atoms with Crippen LogP contribution in [0.5, 0.6) is 34.5 Å². The second kappa shape index (κ2) is 26.7. The molecule has 0 aliphatic heterocycles. The van der Waals surface area contributed by atoms with Gasteiger partial charge < -0.3 is 52.8 Å². The Morgan fingerprint density at radius 1 is 0.500 bits per heavy atom. The summed E-state index contributed by atoms with van der Waals surface area (Å²) < 4.78 is 62.4. The van der Waals surface area contributed by atoms with E-state index in [1.807, 2.05) is 18.2 Å². The van der Waals surface area contributed by atoms with Gasteiger partial charge in [-0.15, -0.1) is 0 Å². The van der Waals surface area contributed by atoms with E-state index in [4.69, 9.17) is 77.4 Å². The van der Waals surface area contributed by atoms with Crippen molar-refractivity contribution in [1.82, 2.24) is 15.0 Å². The van der Waals surface area contributed by atoms with Crippen molar-refractivity contribution in [3.63, 3.8) is 0 Å². The molecule has 0 radical (unpaired) electrons. The molecule has 21 heteroatoms. The average molecular weight is 1170 g/mol. The first kappa shape index (κ1) is 58.6. The van der Waals surface area contributed by atoms with Gasteiger partial charge in [0.2, 0.25) is 0 Å². The van der Waals surface area contributed by atoms with Crippen LogP contribution in [-0.4, -0.2) is 53.6 Å². The normalized spacial score (nSPS) is 9.96. The summed E-state index contributed by atoms with van der Waals surface area (Å²) >= 11 is 22.1. The fourth-order valence-electron chi connectivity index (χ4n) is 6.93. The van der Waals surface area contributed by atoms with Gasteiger partial charge in [-0.2, -0.15) is 10.5 Å². The predicted octanol–water partition coefficient (Wildman–Crippen LogP) is 14.2. The molecule has 9 rings (SSSR count). The van der Waals surface area contributed by atoms with Gasteiger partial charge in [0.25, 0.3) is 0 Å². The van der Waals surface area contributed by atoms with E-state index in [1.54, 1.807) is 49.6 Å². The van der Waals surface area contributed by atoms with Crippen LogP contribution in [0.15, 0.2) is 114 Å². The summed E-state index contributed by atoms with van der Waals surface area (Å²) in [5.74, 6) is -0.747. The largest absolute Gasteiger partial charge is 2.00 e. The number of pyridine rings is 3. The number of fused-ring (bicyclic) bond motifs is 3. The van der Waals surface area contributed by atoms with E-state index in [-0.39, 0.29) is 47.3 Å². The van der Waals surface area contributed by atoms with Crippen LogP contribution in [0.4, 0.5) is 13.2 Å². The third-order valence-corrected chi connectivity index (χ3v) is 11.9. The predicted molar refractivity (Wildman–Crippen MR) is 273 cm³/mol. The molecule has 0 saturated heterocycles. The Bertz CT molecular complexity index is 3690. The van der Waals surface area contributed by atoms with Gasteiger partial charge in [-0.1, -0.05) is 50.7 Å². The summed E-state index contributed by atoms with van der Waals surface area (Å²) in [5.41, 5.74) is 5.02. The first-order chi connectivity index (χ1) is 35.1. The van der Waals surface area contributed by atoms with Crippen LogP contribution in [0.1, 0.15) is 11.1 Å². The number of phenols is 2. The third-order valence-electron chi connectivity index (χ3n) is 10.3. The maximum atomic E-state index is 14.0. The van der Waals surface area contributed by atoms with Crippen molar-refractivity contribution < 1.29 is 61.8 Å². The first-order valence-corrected chi connectivity index (χ1v) is 22.3. The zero-order valence-corrected chi connectivity index (χ0v) is 45.7. The SMILES string of the molecule is COc1cc(Cl)c2nc(-c3ccc(OC)c(F)c3)cc(Br)c2c1.COc1cc(Cl)c2nc(-c3ccc(OC)c(F)c3)cc(C#N)c2c1.N#Cc1cc(-c2ccc(O)c(F)c2)nc2c(Cl)cc(O)cc12.[C-]#N.[C-]#N.[Zn+2]. The molecule has 9 aromatic rings. The molecule has 0 fully saturated rings. The smallest absolute Gasteiger partial charge is 0.512 e. The Labute approximate surface area is 457 Å². The van der Waals surface area contributed by atoms with Crippen LogP contribution in [-0.2, 0) is 19.5 Å². The van der Waals surface area contributed by atoms with Gasteiger partial charge in [-0.25, -0.2) is 28.1 Å². The van der Waals surface area contributed by atoms with Gasteiger partial charge >= 0.3 is 19.5 Å². The fourth-order valence-corrected chi connectivity index (χ4v) is 8.21. The fraction of sp³-hybridized carbons (Fsp3) is 0.0755. The second-order valence-electron chi connectivity index (χ2n) is 14.5. The zero-order chi connectivity index (χ0) is 53.7. The summed E-state index contributed by atoms with van der Waals surface area (Å²) in [5, 5.41) is 52.9. The minimum Gasteiger partial charge on any atom is -0.512 e. The molecule has 0 aliphatic carbocycles. The quantitative estimate of drug-likeness (QED) is 0.112. The number of benzene rings is 6. The molecule has 0 unspecified atom stereocenters. The maximum absolute atomic E-state index is 14.0. The first-order valence-electron chi connectivity index (χ1n) is 20.4. The average Bonchev–Trinajstić information content (AvgIpc) is 3.40. The molecule has 3 heterocycles. The Hall–Kier alpha value is -7.93. The number of nitrogens with zero attached hydrogens (tertiary/aromatic N) is 7. The summed E-state index contributed by atoms with van der Waals surface area (Å²) in [4.78, 5) is 13.4. The van der Waals surface area contributed by atoms with E-state index in [1.165, 1.54) is 69.9 Å². The summed E-state index contributed by atoms with van der Waals surface area (Å²) in [6.07, 6.45) is 0. The number of halogens is 7. The number of aromatic hydroxyl groups is 2. The number of ether oxygens (including phenoxy) is 4. The van der Waals surface area contributed by atoms with E-state index in [0.717, 1.165) is 15.9 Å². The van der Waals surface area contributed by atoms with Crippen LogP contribution in [0.25, 0.3) is 66.5 Å². The molecule has 3 aromatic heterocycles. The molecular formula is C53H32BrCl3F3N7O6Zn. The van der Waals surface area contributed by atoms with Crippen molar-refractivity contribution in [1.29, 1.82) is 21.0 Å². The molecule has 6 aromatic carbocycles. The maximum Gasteiger partial charge on any atom is 2.00 e. The van der Waals surface area contributed by atoms with Crippen molar-refractivity contribution >= 4 is 83.4 Å². The van der Waals surface area contributed by atoms with Gasteiger partial charge in [-0.05, 0) is 91.0 Å². The van der Waals surface area contributed by atoms with Crippen molar-refractivity contribution in [2.75, 3.05) is 28.4 Å². The number of hydrogen-bond acceptors (Lipinski definition) is 13. The van der Waals surface area contributed by atoms with Crippen molar-refractivity contribution in [2.45, 2.75) is 0 Å². The monoisotopic (exact) mass is 1170 g/mol. The summed E-state index contributed by atoms with van der Waals surface area (Å²) in [6.45, 7) is 9.50. The molecule has 74 heavy (non-hydrogen) atoms. The Morgan fingerprint density at radius 3 is 1.28 bits per heavy atom. The summed E-state index contributed by atoms with van der Waals surface area (Å²) in [6, 6.07) is 31.6. The van der Waals surface area contributed by atoms with E-state index in [0.29, 0.717) is 88.2 Å². The van der Waals surface area contributed by atoms with Crippen LogP contribution in [0.3, 0.4) is 0 Å². The molecule has 0 saturated carbocycles. The molecule has 0 atom stereocenters. The minimum atomic E-state index is -0.783. The van der Waals surface area contributed by atoms with Gasteiger partial charge in [0.15, 0.2) is 34.7 Å². The van der Waals surface area contributed by atoms with Gasteiger partial charge in [0.05, 0.1) is 100 Å². The molecule has 13 nitrogen and oxygen atoms in total. The van der Waals surface area contributed by atoms with Gasteiger partial charge in [0.1, 0.15) is 17.2 Å². The Balaban J connectivity index is 0.000000231. The number of rotatable bonds is 7. The van der Waals surface area contributed by atoms with E-state index in [9.17, 15) is 33.9 Å². The standard InChI is InChI=1S/C18H12ClFN2O2.C17H12BrClFNO2.C16H8ClFN2O2.2CN.Zn/c1-23-12-7-13-11(9-21)6-16(22-18(13)14(19)8-12)10-3-4-17(24-2)15(20)5-10;1-22-10-6-11-12(18)8-15(21-17(11)13(19)7-10)9-3-4-16(23-2)14(20)5-9;17-12-6-10(21)5-11-9(7-19)4-14(20-16(11)12)8-1-2-15(22)13(18)3-8;2*1-2;/h3-8H,1-2H3;3-8H,1-2H3;1-6,21-22H;;;/q;;;2*-1;+2. The summed E-state index contributed by atoms with van der Waals surface area (Å²) in [7, 11) is 5.92. The number of phenolic OH excluding ortho intramolecular Hbond substituents is 2. The minimum absolute atomic E-state index is 0. The molecule has 366 valence electrons. The zero-order valence-electron chi connectivity index (χ0n) is 38.9. The molecule has 0 spiro atoms. The van der Waals surface area contributed by atoms with E-state index in [2.05, 4.69) is 37.0 Å². The van der Waals surface area contributed by atoms with Crippen molar-refractivity contribution in [3.8, 4) is 80.4 Å². The second-order valence-corrected chi connectivity index (χ2v) is 16.6. The molecule has 2 N–H and O–H groups in total. The van der Waals surface area contributed by atoms with Crippen molar-refractivity contribution in [2.24, 2.45) is 0 Å². The Kier molecular flexibility index (Phi) is 21.1. The van der Waals surface area contributed by atoms with Gasteiger partial charge in [0, 0.05) is 55.5 Å². The van der Waals surface area contributed by atoms with E-state index < -0.39 is 23.2 Å². The van der Waals surface area contributed by atoms with E-state index >= 15 is 0 Å². The van der Waals surface area contributed by atoms with Gasteiger partial charge in [-0.3, -0.25) is 0 Å². The molecule has 0 amide bonds. The number of nitriles is 2. The van der Waals surface area contributed by atoms with Crippen LogP contribution in [0.2, 0.25) is 15.1 Å². The number of aromatic nitrogens is 3. The van der Waals surface area contributed by atoms with Crippen LogP contribution in [0, 0.1) is 63.8 Å². The molecule has 0 aliphatic rings. The third kappa shape index (κ3) is 13.2. The molecular weight excluding hydrogens is 1140 g/mol. The van der Waals surface area contributed by atoms with Crippen molar-refractivity contribution in [3.05, 3.63) is 170 Å². The van der Waals surface area contributed by atoms with Crippen LogP contribution >= 0.6 is 50.7 Å². The topological polar surface area (TPSA) is 211 Å². The number of methoxy groups -OCH3 is 4. The number of hydrogen-bond donors (Lipinski definition) is 2. The molecule has 0 bridgehead atoms. The Morgan fingerprint density at radius 2 is 0.878 bits per heavy atom. The van der Waals surface area contributed by atoms with Crippen LogP contribution < -0.4 is 18.9 Å².